The highest BCUT2D eigenvalue weighted by Crippen LogP contribution is 2.41. The van der Waals surface area contributed by atoms with E-state index in [1.54, 1.807) is 19.3 Å². The van der Waals surface area contributed by atoms with Crippen molar-refractivity contribution in [3.05, 3.63) is 100 Å². The number of nitrogens with two attached hydrogens (primary N) is 1. The smallest absolute Gasteiger partial charge is 0.325 e. The summed E-state index contributed by atoms with van der Waals surface area (Å²) in [6.45, 7) is 11.5. The minimum Gasteiger partial charge on any atom is -0.482 e. The number of ether oxygens (including phenoxy) is 2. The number of anilines is 3. The number of likely N-dealkylation sites (N-methyl/N-ethyl adjacent to an activating group) is 1. The van der Waals surface area contributed by atoms with Gasteiger partial charge in [0.1, 0.15) is 18.4 Å². The number of carbonyl (C=O) groups excluding carboxylic acids is 2. The van der Waals surface area contributed by atoms with Crippen LogP contribution in [0.3, 0.4) is 0 Å². The molecule has 3 aliphatic rings. The summed E-state index contributed by atoms with van der Waals surface area (Å²) in [5, 5.41) is 8.06. The molecule has 47 heavy (non-hydrogen) atoms. The molecule has 0 saturated heterocycles. The number of esters is 1. The molecule has 4 bridgehead atoms. The fraction of sp³-hybridized carbons (Fsp3) is 0.333. The van der Waals surface area contributed by atoms with Crippen LogP contribution in [0.4, 0.5) is 21.6 Å². The van der Waals surface area contributed by atoms with E-state index in [0.717, 1.165) is 27.5 Å². The Bertz CT molecular complexity index is 1900. The van der Waals surface area contributed by atoms with Crippen molar-refractivity contribution in [2.45, 2.75) is 50.7 Å². The second-order valence-corrected chi connectivity index (χ2v) is 12.5. The van der Waals surface area contributed by atoms with Gasteiger partial charge >= 0.3 is 5.97 Å². The molecule has 3 heterocycles. The lowest BCUT2D eigenvalue weighted by Crippen LogP contribution is -2.35. The monoisotopic (exact) mass is 636 g/mol. The number of carbonyl (C=O) groups is 2. The fourth-order valence-electron chi connectivity index (χ4n) is 5.93. The zero-order valence-corrected chi connectivity index (χ0v) is 26.6. The zero-order valence-electron chi connectivity index (χ0n) is 26.6. The molecule has 242 valence electrons. The summed E-state index contributed by atoms with van der Waals surface area (Å²) >= 11 is 0. The average molecular weight is 637 g/mol. The van der Waals surface area contributed by atoms with Gasteiger partial charge in [0, 0.05) is 66.9 Å². The highest BCUT2D eigenvalue weighted by Gasteiger charge is 2.52. The Morgan fingerprint density at radius 3 is 2.74 bits per heavy atom. The molecule has 1 fully saturated rings. The molecule has 4 aromatic rings. The first-order chi connectivity index (χ1) is 22.6. The third-order valence-corrected chi connectivity index (χ3v) is 8.90. The first-order valence-electron chi connectivity index (χ1n) is 15.6. The molecule has 3 aromatic carbocycles. The van der Waals surface area contributed by atoms with E-state index in [4.69, 9.17) is 21.8 Å². The maximum absolute atomic E-state index is 15.6. The largest absolute Gasteiger partial charge is 0.482 e. The van der Waals surface area contributed by atoms with Gasteiger partial charge in [-0.15, -0.1) is 0 Å². The Kier molecular flexibility index (Phi) is 8.60. The highest BCUT2D eigenvalue weighted by atomic mass is 19.1. The first-order valence-corrected chi connectivity index (χ1v) is 15.6. The third kappa shape index (κ3) is 6.77. The van der Waals surface area contributed by atoms with E-state index < -0.39 is 23.4 Å². The summed E-state index contributed by atoms with van der Waals surface area (Å²) in [6, 6.07) is 15.4. The first kappa shape index (κ1) is 31.6. The quantitative estimate of drug-likeness (QED) is 0.181. The number of aromatic nitrogens is 1. The van der Waals surface area contributed by atoms with Gasteiger partial charge in [-0.3, -0.25) is 9.59 Å². The van der Waals surface area contributed by atoms with Crippen LogP contribution in [0.5, 0.6) is 5.75 Å². The standard InChI is InChI=1S/C36H37FN6O4/c1-21-13-24-5-7-28(21)22(2)19-46-31(44)17-41-27-15-25(33(30(37)16-27)47-20-36(39-3)10-11-36)18-43(4)35(45)32(24)42-26-6-8-29-23(14-26)9-12-40-34(29)38/h5-9,12-16,22,32,41-42H,10-11,17-20H2,1-2,4H3,(H2,38,40)/t22-,32+/m0/s1. The zero-order chi connectivity index (χ0) is 33.3. The van der Waals surface area contributed by atoms with Crippen molar-refractivity contribution >= 4 is 39.8 Å². The molecule has 4 N–H and O–H groups in total. The average Bonchev–Trinajstić information content (AvgIpc) is 3.84. The number of nitrogens with one attached hydrogen (secondary N) is 2. The number of amides is 1. The summed E-state index contributed by atoms with van der Waals surface area (Å²) in [4.78, 5) is 36.3. The van der Waals surface area contributed by atoms with Crippen LogP contribution in [-0.4, -0.2) is 54.1 Å². The van der Waals surface area contributed by atoms with E-state index >= 15 is 4.39 Å². The number of aryl methyl sites for hydroxylation is 1. The van der Waals surface area contributed by atoms with E-state index in [9.17, 15) is 9.59 Å². The molecule has 0 radical (unpaired) electrons. The fourth-order valence-corrected chi connectivity index (χ4v) is 5.93. The Morgan fingerprint density at radius 1 is 1.19 bits per heavy atom. The van der Waals surface area contributed by atoms with E-state index in [2.05, 4.69) is 20.5 Å². The van der Waals surface area contributed by atoms with Gasteiger partial charge in [0.15, 0.2) is 18.2 Å². The Balaban J connectivity index is 1.39. The molecule has 1 aromatic heterocycles. The Labute approximate surface area is 272 Å². The molecule has 0 unspecified atom stereocenters. The van der Waals surface area contributed by atoms with Crippen molar-refractivity contribution in [3.63, 3.8) is 0 Å². The summed E-state index contributed by atoms with van der Waals surface area (Å²) in [7, 11) is 1.65. The molecular weight excluding hydrogens is 599 g/mol. The van der Waals surface area contributed by atoms with Gasteiger partial charge in [-0.05, 0) is 59.3 Å². The van der Waals surface area contributed by atoms with E-state index in [1.807, 2.05) is 56.3 Å². The van der Waals surface area contributed by atoms with Crippen LogP contribution < -0.4 is 21.1 Å². The van der Waals surface area contributed by atoms with Crippen molar-refractivity contribution in [2.24, 2.45) is 0 Å². The lowest BCUT2D eigenvalue weighted by molar-refractivity contribution is -0.142. The summed E-state index contributed by atoms with van der Waals surface area (Å²) in [6.07, 6.45) is 3.02. The molecule has 7 rings (SSSR count). The van der Waals surface area contributed by atoms with Crippen LogP contribution in [0.25, 0.3) is 15.6 Å². The van der Waals surface area contributed by atoms with Gasteiger partial charge in [-0.2, -0.15) is 0 Å². The summed E-state index contributed by atoms with van der Waals surface area (Å²) in [5.41, 5.74) is 9.55. The molecule has 1 saturated carbocycles. The summed E-state index contributed by atoms with van der Waals surface area (Å²) in [5.74, 6) is -1.09. The molecule has 1 aliphatic carbocycles. The van der Waals surface area contributed by atoms with Crippen molar-refractivity contribution in [1.29, 1.82) is 0 Å². The molecule has 10 nitrogen and oxygen atoms in total. The van der Waals surface area contributed by atoms with Crippen LogP contribution >= 0.6 is 0 Å². The lowest BCUT2D eigenvalue weighted by atomic mass is 9.93. The van der Waals surface area contributed by atoms with Crippen molar-refractivity contribution in [2.75, 3.05) is 43.2 Å². The topological polar surface area (TPSA) is 123 Å². The second kappa shape index (κ2) is 12.8. The van der Waals surface area contributed by atoms with Gasteiger partial charge in [0.2, 0.25) is 5.91 Å². The minimum absolute atomic E-state index is 0.00226. The number of hydrogen-bond donors (Lipinski definition) is 3. The number of halogens is 1. The number of fused-ring (bicyclic) bond motifs is 11. The molecule has 2 atom stereocenters. The van der Waals surface area contributed by atoms with Gasteiger partial charge in [-0.25, -0.2) is 15.9 Å². The van der Waals surface area contributed by atoms with Crippen molar-refractivity contribution in [3.8, 4) is 5.75 Å². The number of nitrogens with zero attached hydrogens (tertiary/aromatic N) is 3. The molecule has 11 heteroatoms. The Morgan fingerprint density at radius 2 is 2.00 bits per heavy atom. The van der Waals surface area contributed by atoms with Gasteiger partial charge in [0.25, 0.3) is 5.54 Å². The van der Waals surface area contributed by atoms with Crippen molar-refractivity contribution in [1.82, 2.24) is 9.88 Å². The second-order valence-electron chi connectivity index (χ2n) is 12.5. The van der Waals surface area contributed by atoms with Gasteiger partial charge < -0.3 is 35.6 Å². The molecular formula is C36H37FN6O4. The molecule has 0 spiro atoms. The van der Waals surface area contributed by atoms with Crippen LogP contribution in [0.2, 0.25) is 0 Å². The normalized spacial score (nSPS) is 19.3. The third-order valence-electron chi connectivity index (χ3n) is 8.90. The predicted molar refractivity (Wildman–Crippen MR) is 178 cm³/mol. The number of nitrogen functional groups attached to an aromatic ring is 1. The van der Waals surface area contributed by atoms with E-state index in [-0.39, 0.29) is 43.9 Å². The minimum atomic E-state index is -0.805. The molecule has 1 amide bonds. The predicted octanol–water partition coefficient (Wildman–Crippen LogP) is 5.98. The maximum atomic E-state index is 15.6. The number of hydrogen-bond acceptors (Lipinski definition) is 8. The van der Waals surface area contributed by atoms with E-state index in [0.29, 0.717) is 35.6 Å². The maximum Gasteiger partial charge on any atom is 0.325 e. The number of pyridine rings is 1. The van der Waals surface area contributed by atoms with Crippen LogP contribution in [0.15, 0.2) is 60.8 Å². The van der Waals surface area contributed by atoms with Crippen molar-refractivity contribution < 1.29 is 23.5 Å². The lowest BCUT2D eigenvalue weighted by Gasteiger charge is -2.27. The number of rotatable bonds is 5. The number of benzene rings is 3. The highest BCUT2D eigenvalue weighted by molar-refractivity contribution is 5.94. The summed E-state index contributed by atoms with van der Waals surface area (Å²) < 4.78 is 27.1. The van der Waals surface area contributed by atoms with E-state index in [1.165, 1.54) is 11.0 Å². The van der Waals surface area contributed by atoms with Crippen LogP contribution in [0.1, 0.15) is 54.0 Å². The SMILES string of the molecule is [C-]#[N+]C1(COc2c(F)cc3cc2CN(C)C(=O)[C@H](Nc2ccc4c(N)nccc4c2)c2ccc(c(C)c2)[C@@H](C)COC(=O)CN3)CC1. The van der Waals surface area contributed by atoms with Crippen LogP contribution in [-0.2, 0) is 20.9 Å². The van der Waals surface area contributed by atoms with Gasteiger partial charge in [0.05, 0.1) is 6.61 Å². The van der Waals surface area contributed by atoms with Crippen LogP contribution in [0, 0.1) is 19.3 Å². The molecule has 2 aliphatic heterocycles. The van der Waals surface area contributed by atoms with Gasteiger partial charge in [-0.1, -0.05) is 25.1 Å². The Hall–Kier alpha value is -5.37.